The number of nitrogens with zero attached hydrogens (tertiary/aromatic N) is 4. The Bertz CT molecular complexity index is 1150. The van der Waals surface area contributed by atoms with E-state index in [1.807, 2.05) is 0 Å². The number of aromatic nitrogens is 2. The minimum Gasteiger partial charge on any atom is -0.460 e. The summed E-state index contributed by atoms with van der Waals surface area (Å²) in [5.74, 6) is -0.184. The van der Waals surface area contributed by atoms with Crippen LogP contribution in [0.2, 0.25) is 0 Å². The Balaban J connectivity index is 1.51. The topological polar surface area (TPSA) is 106 Å². The van der Waals surface area contributed by atoms with Gasteiger partial charge >= 0.3 is 5.82 Å². The lowest BCUT2D eigenvalue weighted by Gasteiger charge is -2.13. The zero-order valence-electron chi connectivity index (χ0n) is 14.6. The van der Waals surface area contributed by atoms with Crippen molar-refractivity contribution in [3.8, 4) is 0 Å². The molecule has 0 saturated carbocycles. The molecule has 9 nitrogen and oxygen atoms in total. The summed E-state index contributed by atoms with van der Waals surface area (Å²) in [6.07, 6.45) is 2.97. The number of amides is 1. The van der Waals surface area contributed by atoms with Gasteiger partial charge in [0.2, 0.25) is 0 Å². The molecule has 3 heterocycles. The number of carbonyl (C=O) groups is 1. The fraction of sp³-hybridized carbons (Fsp3) is 0.0556. The molecule has 1 aromatic carbocycles. The van der Waals surface area contributed by atoms with E-state index < -0.39 is 16.6 Å². The maximum atomic E-state index is 13.1. The molecule has 3 aromatic rings. The van der Waals surface area contributed by atoms with Gasteiger partial charge in [-0.05, 0) is 53.5 Å². The lowest BCUT2D eigenvalue weighted by atomic mass is 10.2. The average Bonchev–Trinajstić information content (AvgIpc) is 3.38. The molecule has 0 aliphatic carbocycles. The highest BCUT2D eigenvalue weighted by Crippen LogP contribution is 2.23. The van der Waals surface area contributed by atoms with Gasteiger partial charge in [-0.15, -0.1) is 0 Å². The van der Waals surface area contributed by atoms with Crippen molar-refractivity contribution in [1.29, 1.82) is 0 Å². The largest absolute Gasteiger partial charge is 0.460 e. The monoisotopic (exact) mass is 413 g/mol. The Hall–Kier alpha value is -3.86. The van der Waals surface area contributed by atoms with E-state index in [-0.39, 0.29) is 23.2 Å². The Kier molecular flexibility index (Phi) is 4.64. The molecule has 1 aliphatic heterocycles. The van der Waals surface area contributed by atoms with Crippen LogP contribution in [0.1, 0.15) is 11.5 Å². The van der Waals surface area contributed by atoms with E-state index in [0.29, 0.717) is 17.2 Å². The fourth-order valence-electron chi connectivity index (χ4n) is 2.76. The van der Waals surface area contributed by atoms with E-state index in [9.17, 15) is 19.3 Å². The molecule has 0 bridgehead atoms. The van der Waals surface area contributed by atoms with Gasteiger partial charge in [0.1, 0.15) is 29.6 Å². The number of rotatable bonds is 5. The van der Waals surface area contributed by atoms with Crippen molar-refractivity contribution < 1.29 is 18.5 Å². The minimum atomic E-state index is -0.582. The molecule has 11 heteroatoms. The van der Waals surface area contributed by atoms with Crippen LogP contribution in [0.3, 0.4) is 0 Å². The fourth-order valence-corrected chi connectivity index (χ4v) is 3.05. The highest BCUT2D eigenvalue weighted by Gasteiger charge is 2.32. The molecule has 0 spiro atoms. The standard InChI is InChI=1S/C18H12FN5O4S/c19-11-1-3-12(4-2-11)23-17(25)15(20-18(23)29)9-13-5-6-14(28-13)10-22-8-7-16(21-22)24(26)27/h1-9H,10H2,(H,20,29)/b15-9+. The molecule has 0 atom stereocenters. The average molecular weight is 413 g/mol. The van der Waals surface area contributed by atoms with E-state index in [1.54, 1.807) is 12.1 Å². The Labute approximate surface area is 168 Å². The molecule has 1 N–H and O–H groups in total. The van der Waals surface area contributed by atoms with Gasteiger partial charge in [-0.1, -0.05) is 0 Å². The van der Waals surface area contributed by atoms with Crippen molar-refractivity contribution in [3.63, 3.8) is 0 Å². The van der Waals surface area contributed by atoms with Gasteiger partial charge in [-0.3, -0.25) is 9.69 Å². The van der Waals surface area contributed by atoms with Crippen molar-refractivity contribution in [2.45, 2.75) is 6.54 Å². The number of halogens is 1. The number of carbonyl (C=O) groups excluding carboxylic acids is 1. The molecule has 1 amide bonds. The van der Waals surface area contributed by atoms with Crippen LogP contribution in [-0.2, 0) is 11.3 Å². The van der Waals surface area contributed by atoms with Crippen molar-refractivity contribution >= 4 is 40.8 Å². The smallest absolute Gasteiger partial charge is 0.389 e. The summed E-state index contributed by atoms with van der Waals surface area (Å²) < 4.78 is 20.1. The van der Waals surface area contributed by atoms with Crippen molar-refractivity contribution in [2.75, 3.05) is 4.90 Å². The third-order valence-corrected chi connectivity index (χ3v) is 4.35. The predicted molar refractivity (Wildman–Crippen MR) is 104 cm³/mol. The molecule has 2 aromatic heterocycles. The summed E-state index contributed by atoms with van der Waals surface area (Å²) in [5, 5.41) is 17.5. The Morgan fingerprint density at radius 1 is 1.24 bits per heavy atom. The normalized spacial score (nSPS) is 15.2. The van der Waals surface area contributed by atoms with Crippen LogP contribution in [0, 0.1) is 15.9 Å². The van der Waals surface area contributed by atoms with Gasteiger partial charge in [0, 0.05) is 6.08 Å². The lowest BCUT2D eigenvalue weighted by molar-refractivity contribution is -0.389. The molecular weight excluding hydrogens is 401 g/mol. The highest BCUT2D eigenvalue weighted by molar-refractivity contribution is 7.80. The molecule has 1 saturated heterocycles. The first kappa shape index (κ1) is 18.5. The second-order valence-electron chi connectivity index (χ2n) is 6.04. The van der Waals surface area contributed by atoms with Crippen LogP contribution in [0.4, 0.5) is 15.9 Å². The SMILES string of the molecule is O=C1/C(=C\c2ccc(Cn3ccc([N+](=O)[O-])n3)o2)NC(=S)N1c1ccc(F)cc1. The van der Waals surface area contributed by atoms with Gasteiger partial charge in [0.05, 0.1) is 23.0 Å². The molecule has 1 aliphatic rings. The van der Waals surface area contributed by atoms with E-state index in [0.717, 1.165) is 0 Å². The lowest BCUT2D eigenvalue weighted by Crippen LogP contribution is -2.30. The number of hydrogen-bond acceptors (Lipinski definition) is 6. The number of nitrogens with one attached hydrogen (secondary N) is 1. The second kappa shape index (κ2) is 7.28. The summed E-state index contributed by atoms with van der Waals surface area (Å²) in [5.41, 5.74) is 0.646. The molecule has 0 unspecified atom stereocenters. The zero-order chi connectivity index (χ0) is 20.5. The van der Waals surface area contributed by atoms with Gasteiger partial charge in [-0.25, -0.2) is 4.39 Å². The summed E-state index contributed by atoms with van der Waals surface area (Å²) >= 11 is 5.20. The predicted octanol–water partition coefficient (Wildman–Crippen LogP) is 2.83. The van der Waals surface area contributed by atoms with Gasteiger partial charge in [-0.2, -0.15) is 4.68 Å². The summed E-state index contributed by atoms with van der Waals surface area (Å²) in [7, 11) is 0. The Morgan fingerprint density at radius 2 is 2.00 bits per heavy atom. The van der Waals surface area contributed by atoms with E-state index in [4.69, 9.17) is 16.6 Å². The number of furan rings is 1. The summed E-state index contributed by atoms with van der Waals surface area (Å²) in [4.78, 5) is 24.0. The number of thiocarbonyl (C=S) groups is 1. The van der Waals surface area contributed by atoms with Gasteiger partial charge in [0.15, 0.2) is 5.11 Å². The molecule has 1 fully saturated rings. The highest BCUT2D eigenvalue weighted by atomic mass is 32.1. The molecule has 4 rings (SSSR count). The van der Waals surface area contributed by atoms with Crippen LogP contribution in [0.15, 0.2) is 58.8 Å². The van der Waals surface area contributed by atoms with Crippen LogP contribution < -0.4 is 10.2 Å². The van der Waals surface area contributed by atoms with Crippen LogP contribution in [-0.4, -0.2) is 25.7 Å². The second-order valence-corrected chi connectivity index (χ2v) is 6.42. The van der Waals surface area contributed by atoms with E-state index in [1.165, 1.54) is 52.2 Å². The van der Waals surface area contributed by atoms with Crippen molar-refractivity contribution in [2.24, 2.45) is 0 Å². The third-order valence-electron chi connectivity index (χ3n) is 4.06. The first-order chi connectivity index (χ1) is 13.9. The molecule has 146 valence electrons. The van der Waals surface area contributed by atoms with Gasteiger partial charge < -0.3 is 19.8 Å². The number of anilines is 1. The van der Waals surface area contributed by atoms with Crippen LogP contribution in [0.5, 0.6) is 0 Å². The maximum absolute atomic E-state index is 13.1. The number of benzene rings is 1. The quantitative estimate of drug-likeness (QED) is 0.297. The summed E-state index contributed by atoms with van der Waals surface area (Å²) in [6, 6.07) is 10.0. The van der Waals surface area contributed by atoms with Crippen molar-refractivity contribution in [1.82, 2.24) is 15.1 Å². The Morgan fingerprint density at radius 3 is 2.69 bits per heavy atom. The molecular formula is C18H12FN5O4S. The maximum Gasteiger partial charge on any atom is 0.389 e. The van der Waals surface area contributed by atoms with E-state index in [2.05, 4.69) is 10.4 Å². The first-order valence-corrected chi connectivity index (χ1v) is 8.71. The zero-order valence-corrected chi connectivity index (χ0v) is 15.4. The minimum absolute atomic E-state index is 0.170. The number of hydrogen-bond donors (Lipinski definition) is 1. The van der Waals surface area contributed by atoms with Crippen LogP contribution >= 0.6 is 12.2 Å². The van der Waals surface area contributed by atoms with E-state index >= 15 is 0 Å². The van der Waals surface area contributed by atoms with Crippen LogP contribution in [0.25, 0.3) is 6.08 Å². The van der Waals surface area contributed by atoms with Gasteiger partial charge in [0.25, 0.3) is 5.91 Å². The molecule has 29 heavy (non-hydrogen) atoms. The van der Waals surface area contributed by atoms with Crippen molar-refractivity contribution in [3.05, 3.63) is 81.8 Å². The third kappa shape index (κ3) is 3.75. The number of nitro groups is 1. The first-order valence-electron chi connectivity index (χ1n) is 8.30. The summed E-state index contributed by atoms with van der Waals surface area (Å²) in [6.45, 7) is 0.193. The molecule has 0 radical (unpaired) electrons.